The van der Waals surface area contributed by atoms with E-state index in [2.05, 4.69) is 33.0 Å². The summed E-state index contributed by atoms with van der Waals surface area (Å²) in [4.78, 5) is 41.6. The molecule has 2 fully saturated rings. The molecule has 0 radical (unpaired) electrons. The Hall–Kier alpha value is -2.81. The number of benzene rings is 1. The lowest BCUT2D eigenvalue weighted by Gasteiger charge is -2.40. The summed E-state index contributed by atoms with van der Waals surface area (Å²) >= 11 is 0. The summed E-state index contributed by atoms with van der Waals surface area (Å²) < 4.78 is 5.91. The minimum atomic E-state index is -1.48. The molecular formula is C32H50N2O7. The number of ether oxygens (including phenoxy) is 1. The Morgan fingerprint density at radius 1 is 1.10 bits per heavy atom. The van der Waals surface area contributed by atoms with Gasteiger partial charge in [0.05, 0.1) is 6.10 Å². The molecule has 1 aliphatic carbocycles. The molecule has 1 aliphatic heterocycles. The lowest BCUT2D eigenvalue weighted by molar-refractivity contribution is -0.159. The number of phenolic OH excluding ortho intramolecular Hbond substituents is 2. The van der Waals surface area contributed by atoms with Gasteiger partial charge in [0.25, 0.3) is 0 Å². The summed E-state index contributed by atoms with van der Waals surface area (Å²) in [6, 6.07) is 2.34. The monoisotopic (exact) mass is 574 g/mol. The number of phenols is 2. The van der Waals surface area contributed by atoms with E-state index in [-0.39, 0.29) is 40.8 Å². The molecule has 230 valence electrons. The Bertz CT molecular complexity index is 1120. The Labute approximate surface area is 244 Å². The number of nitrogens with one attached hydrogen (secondary N) is 1. The maximum atomic E-state index is 13.8. The molecule has 1 aromatic rings. The molecule has 2 unspecified atom stereocenters. The molecule has 9 nitrogen and oxygen atoms in total. The normalized spacial score (nSPS) is 24.0. The highest BCUT2D eigenvalue weighted by Gasteiger charge is 2.49. The van der Waals surface area contributed by atoms with Crippen molar-refractivity contribution in [1.82, 2.24) is 10.2 Å². The number of hydrogen-bond donors (Lipinski definition) is 4. The molecule has 0 aromatic heterocycles. The Morgan fingerprint density at radius 3 is 2.32 bits per heavy atom. The fraction of sp³-hybridized carbons (Fsp3) is 0.719. The zero-order valence-corrected chi connectivity index (χ0v) is 26.0. The van der Waals surface area contributed by atoms with Gasteiger partial charge in [-0.15, -0.1) is 0 Å². The zero-order chi connectivity index (χ0) is 30.9. The lowest BCUT2D eigenvalue weighted by atomic mass is 9.66. The SMILES string of the molecule is CC(CC1CCC(C)(C)C1(C)C)OC(=O)[C@@H]1CCCN1C(=O)[C@@H](NC(=O)[C@H](O)Cc1ccc(O)c(O)c1)C(C)(C)C. The van der Waals surface area contributed by atoms with E-state index in [4.69, 9.17) is 4.74 Å². The maximum absolute atomic E-state index is 13.8. The molecule has 2 aliphatic rings. The second kappa shape index (κ2) is 12.2. The summed E-state index contributed by atoms with van der Waals surface area (Å²) in [6.07, 6.45) is 2.30. The van der Waals surface area contributed by atoms with Crippen LogP contribution < -0.4 is 5.32 Å². The van der Waals surface area contributed by atoms with E-state index in [9.17, 15) is 29.7 Å². The molecule has 1 saturated carbocycles. The second-order valence-corrected chi connectivity index (χ2v) is 14.4. The van der Waals surface area contributed by atoms with Crippen LogP contribution in [0.25, 0.3) is 0 Å². The van der Waals surface area contributed by atoms with Crippen LogP contribution in [0.3, 0.4) is 0 Å². The molecule has 5 atom stereocenters. The fourth-order valence-electron chi connectivity index (χ4n) is 6.25. The third kappa shape index (κ3) is 7.34. The van der Waals surface area contributed by atoms with Crippen LogP contribution in [-0.2, 0) is 25.5 Å². The van der Waals surface area contributed by atoms with Crippen LogP contribution in [0.4, 0.5) is 0 Å². The molecule has 0 bridgehead atoms. The van der Waals surface area contributed by atoms with Crippen LogP contribution in [0, 0.1) is 22.2 Å². The van der Waals surface area contributed by atoms with Crippen molar-refractivity contribution in [1.29, 1.82) is 0 Å². The number of aromatic hydroxyl groups is 2. The van der Waals surface area contributed by atoms with Gasteiger partial charge in [-0.3, -0.25) is 9.59 Å². The summed E-state index contributed by atoms with van der Waals surface area (Å²) in [7, 11) is 0. The van der Waals surface area contributed by atoms with Gasteiger partial charge in [-0.25, -0.2) is 4.79 Å². The fourth-order valence-corrected chi connectivity index (χ4v) is 6.25. The molecule has 0 spiro atoms. The van der Waals surface area contributed by atoms with Gasteiger partial charge in [0.15, 0.2) is 11.5 Å². The molecule has 3 rings (SSSR count). The number of aliphatic hydroxyl groups excluding tert-OH is 1. The number of esters is 1. The second-order valence-electron chi connectivity index (χ2n) is 14.4. The van der Waals surface area contributed by atoms with Crippen molar-refractivity contribution in [2.24, 2.45) is 22.2 Å². The predicted molar refractivity (Wildman–Crippen MR) is 156 cm³/mol. The summed E-state index contributed by atoms with van der Waals surface area (Å²) in [6.45, 7) is 16.9. The standard InChI is InChI=1S/C32H50N2O7/c1-19(16-21-13-14-31(5,6)32(21,7)8)41-29(40)22-10-9-15-34(22)28(39)26(30(2,3)4)33-27(38)25(37)18-20-11-12-23(35)24(36)17-20/h11-12,17,19,21-22,25-26,35-37H,9-10,13-16,18H2,1-8H3,(H,33,38)/t19?,21?,22-,25+,26+/m0/s1. The average molecular weight is 575 g/mol. The number of carbonyl (C=O) groups is 3. The molecule has 1 heterocycles. The minimum Gasteiger partial charge on any atom is -0.504 e. The van der Waals surface area contributed by atoms with Crippen LogP contribution in [-0.4, -0.2) is 68.8 Å². The molecule has 41 heavy (non-hydrogen) atoms. The number of nitrogens with zero attached hydrogens (tertiary/aromatic N) is 1. The quantitative estimate of drug-likeness (QED) is 0.255. The van der Waals surface area contributed by atoms with Gasteiger partial charge >= 0.3 is 5.97 Å². The van der Waals surface area contributed by atoms with E-state index >= 15 is 0 Å². The van der Waals surface area contributed by atoms with E-state index in [1.54, 1.807) is 0 Å². The number of aliphatic hydroxyl groups is 1. The number of amides is 2. The Morgan fingerprint density at radius 2 is 1.76 bits per heavy atom. The molecule has 9 heteroatoms. The van der Waals surface area contributed by atoms with Crippen molar-refractivity contribution >= 4 is 17.8 Å². The smallest absolute Gasteiger partial charge is 0.329 e. The van der Waals surface area contributed by atoms with Crippen LogP contribution >= 0.6 is 0 Å². The summed E-state index contributed by atoms with van der Waals surface area (Å²) in [5, 5.41) is 32.5. The van der Waals surface area contributed by atoms with E-state index < -0.39 is 35.5 Å². The maximum Gasteiger partial charge on any atom is 0.329 e. The molecule has 2 amide bonds. The highest BCUT2D eigenvalue weighted by Crippen LogP contribution is 2.57. The minimum absolute atomic E-state index is 0.115. The number of carbonyl (C=O) groups excluding carboxylic acids is 3. The molecular weight excluding hydrogens is 524 g/mol. The van der Waals surface area contributed by atoms with Crippen molar-refractivity contribution in [3.05, 3.63) is 23.8 Å². The lowest BCUT2D eigenvalue weighted by Crippen LogP contribution is -2.58. The molecule has 1 saturated heterocycles. The molecule has 4 N–H and O–H groups in total. The van der Waals surface area contributed by atoms with Crippen molar-refractivity contribution in [2.75, 3.05) is 6.54 Å². The van der Waals surface area contributed by atoms with E-state index in [0.717, 1.165) is 19.3 Å². The Balaban J connectivity index is 1.65. The van der Waals surface area contributed by atoms with Crippen LogP contribution in [0.15, 0.2) is 18.2 Å². The van der Waals surface area contributed by atoms with Crippen LogP contribution in [0.2, 0.25) is 0 Å². The average Bonchev–Trinajstić information content (AvgIpc) is 3.42. The first-order valence-electron chi connectivity index (χ1n) is 14.9. The van der Waals surface area contributed by atoms with E-state index in [1.807, 2.05) is 27.7 Å². The highest BCUT2D eigenvalue weighted by molar-refractivity contribution is 5.92. The van der Waals surface area contributed by atoms with E-state index in [1.165, 1.54) is 23.1 Å². The van der Waals surface area contributed by atoms with Crippen molar-refractivity contribution in [3.8, 4) is 11.5 Å². The predicted octanol–water partition coefficient (Wildman–Crippen LogP) is 4.31. The largest absolute Gasteiger partial charge is 0.504 e. The summed E-state index contributed by atoms with van der Waals surface area (Å²) in [5.74, 6) is -1.74. The third-order valence-corrected chi connectivity index (χ3v) is 9.80. The van der Waals surface area contributed by atoms with Gasteiger partial charge in [0.2, 0.25) is 11.8 Å². The van der Waals surface area contributed by atoms with Gasteiger partial charge in [-0.1, -0.05) is 54.5 Å². The first-order valence-corrected chi connectivity index (χ1v) is 14.9. The number of likely N-dealkylation sites (tertiary alicyclic amines) is 1. The Kier molecular flexibility index (Phi) is 9.73. The van der Waals surface area contributed by atoms with Gasteiger partial charge in [0.1, 0.15) is 18.2 Å². The third-order valence-electron chi connectivity index (χ3n) is 9.80. The van der Waals surface area contributed by atoms with E-state index in [0.29, 0.717) is 30.9 Å². The van der Waals surface area contributed by atoms with Crippen molar-refractivity contribution < 1.29 is 34.4 Å². The summed E-state index contributed by atoms with van der Waals surface area (Å²) in [5.41, 5.74) is 0.104. The van der Waals surface area contributed by atoms with Gasteiger partial charge < -0.3 is 30.3 Å². The van der Waals surface area contributed by atoms with Crippen LogP contribution in [0.5, 0.6) is 11.5 Å². The van der Waals surface area contributed by atoms with Crippen molar-refractivity contribution in [2.45, 2.75) is 118 Å². The molecule has 1 aromatic carbocycles. The van der Waals surface area contributed by atoms with Crippen LogP contribution in [0.1, 0.15) is 93.1 Å². The van der Waals surface area contributed by atoms with Gasteiger partial charge in [0, 0.05) is 13.0 Å². The first-order chi connectivity index (χ1) is 18.8. The van der Waals surface area contributed by atoms with Gasteiger partial charge in [-0.2, -0.15) is 0 Å². The first kappa shape index (κ1) is 32.7. The highest BCUT2D eigenvalue weighted by atomic mass is 16.5. The van der Waals surface area contributed by atoms with Gasteiger partial charge in [-0.05, 0) is 78.9 Å². The number of rotatable bonds is 9. The topological polar surface area (TPSA) is 136 Å². The number of hydrogen-bond acceptors (Lipinski definition) is 7. The zero-order valence-electron chi connectivity index (χ0n) is 26.0. The van der Waals surface area contributed by atoms with Crippen molar-refractivity contribution in [3.63, 3.8) is 0 Å².